The van der Waals surface area contributed by atoms with Crippen molar-refractivity contribution >= 4 is 39.9 Å². The van der Waals surface area contributed by atoms with Gasteiger partial charge in [-0.3, -0.25) is 19.1 Å². The van der Waals surface area contributed by atoms with Crippen LogP contribution in [0.4, 0.5) is 4.79 Å². The number of allylic oxidation sites excluding steroid dienone is 1. The van der Waals surface area contributed by atoms with Gasteiger partial charge in [-0.15, -0.1) is 6.58 Å². The molecule has 5 atom stereocenters. The molecular weight excluding hydrogens is 626 g/mol. The summed E-state index contributed by atoms with van der Waals surface area (Å²) in [5, 5.41) is 4.87. The standard InChI is InChI=1S/C33H45N5O8S/c1-5-22-19-33(22,30(41)37-47(43,44)24-14-15-24)36-27(39)25-18-23-20-38(25)29(40)26(32(2,3)4)35-31(42)45-17-10-8-6-7-9-12-21-13-11-16-34-28(21)46-23/h5,9,11-13,16,22-26H,1,6-8,10,14-15,17-20H2,2-4H3,(H,35,42)(H,36,39)(H,37,41)/b12-9+/t22-,23+,25-,26+,33+/m0/s1. The van der Waals surface area contributed by atoms with Crippen molar-refractivity contribution in [3.8, 4) is 5.88 Å². The lowest BCUT2D eigenvalue weighted by Gasteiger charge is -2.35. The van der Waals surface area contributed by atoms with Gasteiger partial charge in [-0.25, -0.2) is 18.2 Å². The average molecular weight is 672 g/mol. The monoisotopic (exact) mass is 671 g/mol. The first-order chi connectivity index (χ1) is 22.2. The zero-order valence-corrected chi connectivity index (χ0v) is 28.0. The fraction of sp³-hybridized carbons (Fsp3) is 0.606. The molecule has 4 aliphatic rings. The van der Waals surface area contributed by atoms with Crippen LogP contribution in [0.2, 0.25) is 0 Å². The lowest BCUT2D eigenvalue weighted by molar-refractivity contribution is -0.142. The Labute approximate surface area is 276 Å². The van der Waals surface area contributed by atoms with Crippen molar-refractivity contribution in [1.82, 2.24) is 25.2 Å². The van der Waals surface area contributed by atoms with Crippen molar-refractivity contribution in [3.63, 3.8) is 0 Å². The maximum atomic E-state index is 14.3. The second-order valence-corrected chi connectivity index (χ2v) is 15.9. The Morgan fingerprint density at radius 3 is 2.64 bits per heavy atom. The number of amides is 4. The number of ether oxygens (including phenoxy) is 2. The van der Waals surface area contributed by atoms with Crippen LogP contribution in [0.3, 0.4) is 0 Å². The summed E-state index contributed by atoms with van der Waals surface area (Å²) in [6.45, 7) is 9.34. The van der Waals surface area contributed by atoms with Crippen LogP contribution in [-0.2, 0) is 29.1 Å². The van der Waals surface area contributed by atoms with Crippen LogP contribution >= 0.6 is 0 Å². The highest BCUT2D eigenvalue weighted by atomic mass is 32.2. The molecule has 14 heteroatoms. The molecule has 2 aliphatic heterocycles. The first kappa shape index (κ1) is 34.4. The predicted octanol–water partition coefficient (Wildman–Crippen LogP) is 2.83. The van der Waals surface area contributed by atoms with E-state index in [1.165, 1.54) is 11.0 Å². The molecule has 3 N–H and O–H groups in total. The molecule has 0 spiro atoms. The zero-order chi connectivity index (χ0) is 34.0. The third-order valence-electron chi connectivity index (χ3n) is 9.10. The quantitative estimate of drug-likeness (QED) is 0.385. The van der Waals surface area contributed by atoms with E-state index in [1.54, 1.807) is 33.0 Å². The van der Waals surface area contributed by atoms with Crippen molar-refractivity contribution in [3.05, 3.63) is 42.6 Å². The number of nitrogens with zero attached hydrogens (tertiary/aromatic N) is 2. The highest BCUT2D eigenvalue weighted by Crippen LogP contribution is 2.45. The number of rotatable bonds is 6. The fourth-order valence-electron chi connectivity index (χ4n) is 6.07. The van der Waals surface area contributed by atoms with Gasteiger partial charge in [0.1, 0.15) is 23.7 Å². The van der Waals surface area contributed by atoms with Gasteiger partial charge < -0.3 is 25.0 Å². The highest BCUT2D eigenvalue weighted by molar-refractivity contribution is 7.91. The van der Waals surface area contributed by atoms with Crippen molar-refractivity contribution in [2.75, 3.05) is 13.2 Å². The maximum absolute atomic E-state index is 14.3. The molecule has 4 amide bonds. The molecule has 2 aliphatic carbocycles. The summed E-state index contributed by atoms with van der Waals surface area (Å²) in [7, 11) is -3.87. The van der Waals surface area contributed by atoms with Crippen molar-refractivity contribution in [2.24, 2.45) is 11.3 Å². The molecule has 2 saturated carbocycles. The first-order valence-corrected chi connectivity index (χ1v) is 17.8. The van der Waals surface area contributed by atoms with E-state index in [0.717, 1.165) is 24.8 Å². The van der Waals surface area contributed by atoms with E-state index in [1.807, 2.05) is 18.2 Å². The van der Waals surface area contributed by atoms with Gasteiger partial charge in [0.05, 0.1) is 18.4 Å². The zero-order valence-electron chi connectivity index (χ0n) is 27.2. The van der Waals surface area contributed by atoms with E-state index < -0.39 is 74.1 Å². The SMILES string of the molecule is C=C[C@H]1C[C@]1(NC(=O)[C@@H]1C[C@@H]2CN1C(=O)[C@H](C(C)(C)C)NC(=O)OCCCCC/C=C/c1cccnc1O2)C(=O)NS(=O)(=O)C1CC1. The Balaban J connectivity index is 1.44. The first-order valence-electron chi connectivity index (χ1n) is 16.3. The van der Waals surface area contributed by atoms with Gasteiger partial charge in [-0.2, -0.15) is 0 Å². The van der Waals surface area contributed by atoms with Gasteiger partial charge in [-0.05, 0) is 62.5 Å². The smallest absolute Gasteiger partial charge is 0.407 e. The van der Waals surface area contributed by atoms with Crippen LogP contribution in [0.5, 0.6) is 5.88 Å². The molecule has 3 heterocycles. The summed E-state index contributed by atoms with van der Waals surface area (Å²) in [5.41, 5.74) is -1.54. The molecule has 47 heavy (non-hydrogen) atoms. The Bertz CT molecular complexity index is 1540. The molecule has 2 bridgehead atoms. The third kappa shape index (κ3) is 7.96. The van der Waals surface area contributed by atoms with Crippen molar-refractivity contribution in [2.45, 2.75) is 101 Å². The summed E-state index contributed by atoms with van der Waals surface area (Å²) >= 11 is 0. The third-order valence-corrected chi connectivity index (χ3v) is 10.9. The molecule has 256 valence electrons. The van der Waals surface area contributed by atoms with Gasteiger partial charge in [0.2, 0.25) is 27.7 Å². The minimum absolute atomic E-state index is 0.0000980. The number of hydrogen-bond donors (Lipinski definition) is 3. The van der Waals surface area contributed by atoms with Crippen molar-refractivity contribution in [1.29, 1.82) is 0 Å². The Kier molecular flexibility index (Phi) is 9.99. The van der Waals surface area contributed by atoms with Crippen LogP contribution in [0, 0.1) is 11.3 Å². The number of pyridine rings is 1. The van der Waals surface area contributed by atoms with Crippen LogP contribution in [-0.4, -0.2) is 84.2 Å². The number of alkyl carbamates (subject to hydrolysis) is 1. The van der Waals surface area contributed by atoms with E-state index >= 15 is 0 Å². The number of sulfonamides is 1. The van der Waals surface area contributed by atoms with Crippen LogP contribution < -0.4 is 20.1 Å². The van der Waals surface area contributed by atoms with E-state index in [-0.39, 0.29) is 26.0 Å². The molecule has 0 aromatic carbocycles. The number of carbonyl (C=O) groups is 4. The molecule has 13 nitrogen and oxygen atoms in total. The number of hydrogen-bond acceptors (Lipinski definition) is 9. The molecule has 1 aromatic heterocycles. The topological polar surface area (TPSA) is 173 Å². The lowest BCUT2D eigenvalue weighted by atomic mass is 9.85. The van der Waals surface area contributed by atoms with Gasteiger partial charge in [0, 0.05) is 24.1 Å². The van der Waals surface area contributed by atoms with Gasteiger partial charge in [-0.1, -0.05) is 39.0 Å². The van der Waals surface area contributed by atoms with E-state index in [0.29, 0.717) is 25.1 Å². The summed E-state index contributed by atoms with van der Waals surface area (Å²) in [6, 6.07) is 1.51. The Morgan fingerprint density at radius 2 is 1.96 bits per heavy atom. The van der Waals surface area contributed by atoms with Gasteiger partial charge in [0.25, 0.3) is 5.91 Å². The minimum atomic E-state index is -3.87. The predicted molar refractivity (Wildman–Crippen MR) is 173 cm³/mol. The normalized spacial score (nSPS) is 29.5. The maximum Gasteiger partial charge on any atom is 0.407 e. The molecule has 5 rings (SSSR count). The van der Waals surface area contributed by atoms with Crippen LogP contribution in [0.25, 0.3) is 6.08 Å². The minimum Gasteiger partial charge on any atom is -0.472 e. The van der Waals surface area contributed by atoms with Crippen LogP contribution in [0.15, 0.2) is 37.1 Å². The number of fused-ring (bicyclic) bond motifs is 3. The summed E-state index contributed by atoms with van der Waals surface area (Å²) in [5.74, 6) is -2.13. The summed E-state index contributed by atoms with van der Waals surface area (Å²) in [4.78, 5) is 60.3. The molecule has 1 aromatic rings. The second-order valence-electron chi connectivity index (χ2n) is 13.9. The number of carbonyl (C=O) groups excluding carboxylic acids is 4. The average Bonchev–Trinajstić information content (AvgIpc) is 3.93. The second kappa shape index (κ2) is 13.7. The Hall–Kier alpha value is -3.94. The highest BCUT2D eigenvalue weighted by Gasteiger charge is 2.62. The number of nitrogens with one attached hydrogen (secondary N) is 3. The molecule has 1 saturated heterocycles. The molecule has 0 radical (unpaired) electrons. The van der Waals surface area contributed by atoms with Gasteiger partial charge >= 0.3 is 6.09 Å². The number of aromatic nitrogens is 1. The Morgan fingerprint density at radius 1 is 1.19 bits per heavy atom. The van der Waals surface area contributed by atoms with E-state index in [2.05, 4.69) is 26.9 Å². The van der Waals surface area contributed by atoms with E-state index in [9.17, 15) is 27.6 Å². The molecule has 0 unspecified atom stereocenters. The van der Waals surface area contributed by atoms with Crippen LogP contribution in [0.1, 0.15) is 77.7 Å². The fourth-order valence-corrected chi connectivity index (χ4v) is 7.43. The molecule has 3 fully saturated rings. The summed E-state index contributed by atoms with van der Waals surface area (Å²) < 4.78 is 39.1. The largest absolute Gasteiger partial charge is 0.472 e. The van der Waals surface area contributed by atoms with E-state index in [4.69, 9.17) is 9.47 Å². The van der Waals surface area contributed by atoms with Gasteiger partial charge in [0.15, 0.2) is 0 Å². The molecular formula is C33H45N5O8S. The lowest BCUT2D eigenvalue weighted by Crippen LogP contribution is -2.60. The van der Waals surface area contributed by atoms with Crippen molar-refractivity contribution < 1.29 is 37.1 Å². The number of cyclic esters (lactones) is 1. The summed E-state index contributed by atoms with van der Waals surface area (Å²) in [6.07, 6.45) is 10.1.